The number of rotatable bonds is 7. The van der Waals surface area contributed by atoms with Gasteiger partial charge in [0.25, 0.3) is 0 Å². The second-order valence-corrected chi connectivity index (χ2v) is 7.06. The van der Waals surface area contributed by atoms with Gasteiger partial charge in [0.1, 0.15) is 0 Å². The van der Waals surface area contributed by atoms with Gasteiger partial charge >= 0.3 is 0 Å². The maximum atomic E-state index is 12.2. The number of thiophene rings is 1. The molecule has 3 heterocycles. The number of amides is 1. The first-order chi connectivity index (χ1) is 11.7. The Balaban J connectivity index is 1.44. The minimum Gasteiger partial charge on any atom is -0.351 e. The quantitative estimate of drug-likeness (QED) is 0.828. The minimum absolute atomic E-state index is 0.118. The van der Waals surface area contributed by atoms with Crippen LogP contribution in [0.25, 0.3) is 0 Å². The Bertz CT molecular complexity index is 634. The number of hydrogen-bond donors (Lipinski definition) is 1. The third kappa shape index (κ3) is 4.30. The van der Waals surface area contributed by atoms with Crippen LogP contribution < -0.4 is 10.2 Å². The van der Waals surface area contributed by atoms with Gasteiger partial charge in [-0.15, -0.1) is 16.4 Å². The number of likely N-dealkylation sites (N-methyl/N-ethyl adjacent to an activating group) is 1. The van der Waals surface area contributed by atoms with Crippen molar-refractivity contribution in [2.24, 2.45) is 0 Å². The van der Waals surface area contributed by atoms with Crippen LogP contribution in [0.3, 0.4) is 0 Å². The van der Waals surface area contributed by atoms with E-state index in [4.69, 9.17) is 0 Å². The van der Waals surface area contributed by atoms with E-state index in [1.165, 1.54) is 4.88 Å². The molecule has 2 aromatic rings. The van der Waals surface area contributed by atoms with Crippen molar-refractivity contribution >= 4 is 23.1 Å². The topological polar surface area (TPSA) is 61.4 Å². The molecule has 1 atom stereocenters. The molecule has 0 radical (unpaired) electrons. The molecule has 0 aliphatic carbocycles. The number of aromatic nitrogens is 2. The molecule has 24 heavy (non-hydrogen) atoms. The zero-order valence-corrected chi connectivity index (χ0v) is 14.7. The molecule has 1 saturated heterocycles. The number of nitrogens with zero attached hydrogens (tertiary/aromatic N) is 4. The predicted octanol–water partition coefficient (Wildman–Crippen LogP) is 1.76. The van der Waals surface area contributed by atoms with Crippen molar-refractivity contribution < 1.29 is 4.79 Å². The molecule has 0 aromatic carbocycles. The fourth-order valence-corrected chi connectivity index (χ4v) is 3.76. The first kappa shape index (κ1) is 16.9. The number of carbonyl (C=O) groups is 1. The van der Waals surface area contributed by atoms with Crippen molar-refractivity contribution in [3.8, 4) is 0 Å². The lowest BCUT2D eigenvalue weighted by atomic mass is 10.2. The Hall–Kier alpha value is -1.99. The van der Waals surface area contributed by atoms with Crippen LogP contribution >= 0.6 is 11.3 Å². The minimum atomic E-state index is 0.118. The van der Waals surface area contributed by atoms with E-state index < -0.39 is 0 Å². The third-order valence-electron chi connectivity index (χ3n) is 4.28. The van der Waals surface area contributed by atoms with Crippen molar-refractivity contribution in [2.45, 2.75) is 25.4 Å². The molecule has 1 N–H and O–H groups in total. The highest BCUT2D eigenvalue weighted by atomic mass is 32.1. The summed E-state index contributed by atoms with van der Waals surface area (Å²) in [7, 11) is 1.85. The van der Waals surface area contributed by atoms with E-state index >= 15 is 0 Å². The maximum Gasteiger partial charge on any atom is 0.236 e. The normalized spacial score (nSPS) is 17.2. The van der Waals surface area contributed by atoms with Crippen LogP contribution in [-0.2, 0) is 11.3 Å². The van der Waals surface area contributed by atoms with Gasteiger partial charge in [-0.2, -0.15) is 5.10 Å². The van der Waals surface area contributed by atoms with Gasteiger partial charge in [0.05, 0.1) is 13.1 Å². The molecule has 1 unspecified atom stereocenters. The summed E-state index contributed by atoms with van der Waals surface area (Å²) in [5.41, 5.74) is 0. The van der Waals surface area contributed by atoms with Crippen molar-refractivity contribution in [1.82, 2.24) is 20.4 Å². The summed E-state index contributed by atoms with van der Waals surface area (Å²) < 4.78 is 0. The van der Waals surface area contributed by atoms with Crippen molar-refractivity contribution in [2.75, 3.05) is 31.6 Å². The van der Waals surface area contributed by atoms with Crippen LogP contribution in [0, 0.1) is 0 Å². The number of nitrogens with one attached hydrogen (secondary N) is 1. The Morgan fingerprint density at radius 3 is 3.12 bits per heavy atom. The molecular formula is C17H23N5OS. The molecule has 3 rings (SSSR count). The molecule has 1 amide bonds. The van der Waals surface area contributed by atoms with E-state index in [-0.39, 0.29) is 5.91 Å². The van der Waals surface area contributed by atoms with Crippen LogP contribution in [0.2, 0.25) is 0 Å². The lowest BCUT2D eigenvalue weighted by molar-refractivity contribution is -0.129. The van der Waals surface area contributed by atoms with E-state index in [1.54, 1.807) is 22.4 Å². The molecule has 0 bridgehead atoms. The average Bonchev–Trinajstić information content (AvgIpc) is 3.27. The standard InChI is InChI=1S/C17H23N5OS/c1-21(13-15-6-4-10-24-15)17(23)12-18-11-14-5-3-9-22(14)16-7-2-8-19-20-16/h2,4,6-8,10,14,18H,3,5,9,11-13H2,1H3. The summed E-state index contributed by atoms with van der Waals surface area (Å²) in [5.74, 6) is 1.04. The fourth-order valence-electron chi connectivity index (χ4n) is 3.00. The molecule has 0 saturated carbocycles. The molecule has 128 valence electrons. The first-order valence-corrected chi connectivity index (χ1v) is 9.13. The summed E-state index contributed by atoms with van der Waals surface area (Å²) in [6.45, 7) is 2.83. The molecular weight excluding hydrogens is 322 g/mol. The largest absolute Gasteiger partial charge is 0.351 e. The Labute approximate surface area is 146 Å². The zero-order valence-electron chi connectivity index (χ0n) is 13.9. The number of hydrogen-bond acceptors (Lipinski definition) is 6. The summed E-state index contributed by atoms with van der Waals surface area (Å²) >= 11 is 1.68. The van der Waals surface area contributed by atoms with Crippen LogP contribution in [0.1, 0.15) is 17.7 Å². The van der Waals surface area contributed by atoms with Crippen LogP contribution in [0.5, 0.6) is 0 Å². The lowest BCUT2D eigenvalue weighted by Crippen LogP contribution is -2.42. The highest BCUT2D eigenvalue weighted by Crippen LogP contribution is 2.22. The maximum absolute atomic E-state index is 12.2. The Morgan fingerprint density at radius 1 is 1.46 bits per heavy atom. The lowest BCUT2D eigenvalue weighted by Gasteiger charge is -2.25. The van der Waals surface area contributed by atoms with Crippen molar-refractivity contribution in [3.05, 3.63) is 40.7 Å². The number of anilines is 1. The van der Waals surface area contributed by atoms with Gasteiger partial charge < -0.3 is 15.1 Å². The van der Waals surface area contributed by atoms with Crippen LogP contribution in [0.4, 0.5) is 5.82 Å². The van der Waals surface area contributed by atoms with E-state index in [0.717, 1.165) is 31.7 Å². The second kappa shape index (κ2) is 8.21. The Morgan fingerprint density at radius 2 is 2.38 bits per heavy atom. The van der Waals surface area contributed by atoms with Gasteiger partial charge in [-0.3, -0.25) is 4.79 Å². The highest BCUT2D eigenvalue weighted by molar-refractivity contribution is 7.09. The third-order valence-corrected chi connectivity index (χ3v) is 5.15. The van der Waals surface area contributed by atoms with Crippen molar-refractivity contribution in [1.29, 1.82) is 0 Å². The van der Waals surface area contributed by atoms with Gasteiger partial charge in [-0.05, 0) is 36.4 Å². The van der Waals surface area contributed by atoms with Crippen LogP contribution in [-0.4, -0.2) is 53.7 Å². The van der Waals surface area contributed by atoms with Gasteiger partial charge in [-0.25, -0.2) is 0 Å². The van der Waals surface area contributed by atoms with E-state index in [0.29, 0.717) is 19.1 Å². The average molecular weight is 345 g/mol. The van der Waals surface area contributed by atoms with E-state index in [1.807, 2.05) is 30.6 Å². The molecule has 1 aliphatic rings. The second-order valence-electron chi connectivity index (χ2n) is 6.03. The number of carbonyl (C=O) groups excluding carboxylic acids is 1. The summed E-state index contributed by atoms with van der Waals surface area (Å²) in [4.78, 5) is 17.5. The fraction of sp³-hybridized carbons (Fsp3) is 0.471. The molecule has 1 aliphatic heterocycles. The summed E-state index contributed by atoms with van der Waals surface area (Å²) in [5, 5.41) is 13.5. The van der Waals surface area contributed by atoms with Gasteiger partial charge in [0, 0.05) is 37.3 Å². The monoisotopic (exact) mass is 345 g/mol. The van der Waals surface area contributed by atoms with E-state index in [9.17, 15) is 4.79 Å². The van der Waals surface area contributed by atoms with Gasteiger partial charge in [0.2, 0.25) is 5.91 Å². The molecule has 2 aromatic heterocycles. The summed E-state index contributed by atoms with van der Waals surface area (Å²) in [6, 6.07) is 8.34. The molecule has 0 spiro atoms. The highest BCUT2D eigenvalue weighted by Gasteiger charge is 2.25. The molecule has 6 nitrogen and oxygen atoms in total. The van der Waals surface area contributed by atoms with Gasteiger partial charge in [-0.1, -0.05) is 6.07 Å². The predicted molar refractivity (Wildman–Crippen MR) is 96.1 cm³/mol. The van der Waals surface area contributed by atoms with E-state index in [2.05, 4.69) is 26.5 Å². The molecule has 7 heteroatoms. The Kier molecular flexibility index (Phi) is 5.77. The smallest absolute Gasteiger partial charge is 0.236 e. The molecule has 1 fully saturated rings. The summed E-state index contributed by atoms with van der Waals surface area (Å²) in [6.07, 6.45) is 3.95. The zero-order chi connectivity index (χ0) is 16.8. The van der Waals surface area contributed by atoms with Crippen molar-refractivity contribution in [3.63, 3.8) is 0 Å². The van der Waals surface area contributed by atoms with Gasteiger partial charge in [0.15, 0.2) is 5.82 Å². The van der Waals surface area contributed by atoms with Crippen LogP contribution in [0.15, 0.2) is 35.8 Å². The SMILES string of the molecule is CN(Cc1cccs1)C(=O)CNCC1CCCN1c1cccnn1. The first-order valence-electron chi connectivity index (χ1n) is 8.25.